The van der Waals surface area contributed by atoms with Crippen molar-refractivity contribution in [1.29, 1.82) is 0 Å². The number of benzene rings is 1. The largest absolute Gasteiger partial charge is 0.473 e. The van der Waals surface area contributed by atoms with Gasteiger partial charge in [0.05, 0.1) is 4.88 Å². The number of ketones is 1. The Bertz CT molecular complexity index is 632. The molecule has 2 aromatic rings. The molecule has 22 heavy (non-hydrogen) atoms. The van der Waals surface area contributed by atoms with Crippen molar-refractivity contribution in [3.8, 4) is 0 Å². The van der Waals surface area contributed by atoms with Crippen LogP contribution in [0.5, 0.6) is 0 Å². The van der Waals surface area contributed by atoms with Crippen LogP contribution in [0.3, 0.4) is 0 Å². The minimum absolute atomic E-state index is 0.245. The van der Waals surface area contributed by atoms with Crippen LogP contribution in [0.4, 0.5) is 0 Å². The molecule has 0 bridgehead atoms. The Labute approximate surface area is 131 Å². The molecule has 7 heteroatoms. The van der Waals surface area contributed by atoms with Crippen molar-refractivity contribution >= 4 is 39.1 Å². The van der Waals surface area contributed by atoms with Gasteiger partial charge >= 0.3 is 11.9 Å². The highest BCUT2D eigenvalue weighted by Gasteiger charge is 2.10. The van der Waals surface area contributed by atoms with Gasteiger partial charge < -0.3 is 15.1 Å². The predicted molar refractivity (Wildman–Crippen MR) is 84.6 cm³/mol. The molecule has 0 amide bonds. The Kier molecular flexibility index (Phi) is 6.68. The van der Waals surface area contributed by atoms with Crippen molar-refractivity contribution in [3.63, 3.8) is 0 Å². The second-order valence-corrected chi connectivity index (χ2v) is 5.82. The number of fused-ring (bicyclic) bond motifs is 1. The van der Waals surface area contributed by atoms with E-state index in [-0.39, 0.29) is 5.78 Å². The number of Topliss-reactive ketones (excluding diaryl/α,β-unsaturated/α-hetero) is 1. The number of nitrogens with zero attached hydrogens (tertiary/aromatic N) is 1. The number of carboxylic acids is 2. The summed E-state index contributed by atoms with van der Waals surface area (Å²) in [5.41, 5.74) is 0. The molecule has 1 aromatic carbocycles. The molecule has 0 unspecified atom stereocenters. The van der Waals surface area contributed by atoms with Crippen molar-refractivity contribution in [2.45, 2.75) is 6.42 Å². The molecule has 2 rings (SSSR count). The maximum atomic E-state index is 11.9. The second kappa shape index (κ2) is 8.26. The van der Waals surface area contributed by atoms with Crippen LogP contribution in [-0.4, -0.2) is 53.5 Å². The molecule has 0 aliphatic carbocycles. The molecular weight excluding hydrogens is 306 g/mol. The number of carbonyl (C=O) groups is 3. The molecular formula is C15H17NO5S. The summed E-state index contributed by atoms with van der Waals surface area (Å²) in [7, 11) is 3.97. The average molecular weight is 323 g/mol. The van der Waals surface area contributed by atoms with Crippen LogP contribution >= 0.6 is 11.3 Å². The number of hydrogen-bond acceptors (Lipinski definition) is 5. The Hall–Kier alpha value is -2.25. The highest BCUT2D eigenvalue weighted by Crippen LogP contribution is 2.26. The molecule has 1 heterocycles. The fourth-order valence-corrected chi connectivity index (χ4v) is 2.60. The summed E-state index contributed by atoms with van der Waals surface area (Å²) in [5, 5.41) is 15.9. The SMILES string of the molecule is CN(C)CCC(=O)c1cc2ccccc2s1.O=C(O)C(=O)O. The van der Waals surface area contributed by atoms with Gasteiger partial charge in [0.2, 0.25) is 0 Å². The molecule has 0 aliphatic rings. The topological polar surface area (TPSA) is 94.9 Å². The maximum absolute atomic E-state index is 11.9. The zero-order valence-corrected chi connectivity index (χ0v) is 13.1. The molecule has 0 atom stereocenters. The highest BCUT2D eigenvalue weighted by molar-refractivity contribution is 7.20. The zero-order valence-electron chi connectivity index (χ0n) is 12.3. The first-order valence-electron chi connectivity index (χ1n) is 6.44. The van der Waals surface area contributed by atoms with E-state index in [4.69, 9.17) is 19.8 Å². The lowest BCUT2D eigenvalue weighted by Gasteiger charge is -2.06. The first-order valence-corrected chi connectivity index (χ1v) is 7.25. The van der Waals surface area contributed by atoms with Crippen molar-refractivity contribution in [2.24, 2.45) is 0 Å². The minimum atomic E-state index is -1.82. The van der Waals surface area contributed by atoms with Gasteiger partial charge in [-0.3, -0.25) is 4.79 Å². The smallest absolute Gasteiger partial charge is 0.414 e. The Morgan fingerprint density at radius 1 is 1.09 bits per heavy atom. The van der Waals surface area contributed by atoms with Crippen LogP contribution in [0, 0.1) is 0 Å². The summed E-state index contributed by atoms with van der Waals surface area (Å²) in [4.78, 5) is 33.0. The van der Waals surface area contributed by atoms with Gasteiger partial charge in [0.25, 0.3) is 0 Å². The molecule has 0 aliphatic heterocycles. The standard InChI is InChI=1S/C13H15NOS.C2H2O4/c1-14(2)8-7-11(15)13-9-10-5-3-4-6-12(10)16-13;3-1(4)2(5)6/h3-6,9H,7-8H2,1-2H3;(H,3,4)(H,5,6). The van der Waals surface area contributed by atoms with E-state index in [1.807, 2.05) is 37.2 Å². The molecule has 1 aromatic heterocycles. The monoisotopic (exact) mass is 323 g/mol. The zero-order chi connectivity index (χ0) is 16.7. The van der Waals surface area contributed by atoms with Gasteiger partial charge in [-0.15, -0.1) is 11.3 Å². The molecule has 0 spiro atoms. The number of rotatable bonds is 4. The predicted octanol–water partition coefficient (Wildman–Crippen LogP) is 2.19. The summed E-state index contributed by atoms with van der Waals surface area (Å²) < 4.78 is 1.19. The summed E-state index contributed by atoms with van der Waals surface area (Å²) in [6.45, 7) is 0.813. The quantitative estimate of drug-likeness (QED) is 0.661. The summed E-state index contributed by atoms with van der Waals surface area (Å²) >= 11 is 1.59. The third kappa shape index (κ3) is 5.63. The maximum Gasteiger partial charge on any atom is 0.414 e. The van der Waals surface area contributed by atoms with Crippen molar-refractivity contribution < 1.29 is 24.6 Å². The van der Waals surface area contributed by atoms with Gasteiger partial charge in [-0.25, -0.2) is 9.59 Å². The molecule has 0 saturated heterocycles. The number of aliphatic carboxylic acids is 2. The third-order valence-corrected chi connectivity index (χ3v) is 3.83. The lowest BCUT2D eigenvalue weighted by atomic mass is 10.2. The number of hydrogen-bond donors (Lipinski definition) is 2. The molecule has 118 valence electrons. The molecule has 6 nitrogen and oxygen atoms in total. The van der Waals surface area contributed by atoms with E-state index in [1.165, 1.54) is 10.1 Å². The lowest BCUT2D eigenvalue weighted by Crippen LogP contribution is -2.16. The second-order valence-electron chi connectivity index (χ2n) is 4.74. The van der Waals surface area contributed by atoms with Crippen LogP contribution in [0.1, 0.15) is 16.1 Å². The molecule has 2 N–H and O–H groups in total. The first kappa shape index (κ1) is 17.8. The molecule has 0 fully saturated rings. The minimum Gasteiger partial charge on any atom is -0.473 e. The summed E-state index contributed by atoms with van der Waals surface area (Å²) in [5.74, 6) is -3.40. The van der Waals surface area contributed by atoms with Gasteiger partial charge in [-0.2, -0.15) is 0 Å². The molecule has 0 saturated carbocycles. The fourth-order valence-electron chi connectivity index (χ4n) is 1.57. The highest BCUT2D eigenvalue weighted by atomic mass is 32.1. The first-order chi connectivity index (χ1) is 10.3. The lowest BCUT2D eigenvalue weighted by molar-refractivity contribution is -0.159. The van der Waals surface area contributed by atoms with E-state index in [0.29, 0.717) is 6.42 Å². The Morgan fingerprint density at radius 3 is 2.18 bits per heavy atom. The number of thiophene rings is 1. The summed E-state index contributed by atoms with van der Waals surface area (Å²) in [6.07, 6.45) is 0.597. The number of carboxylic acid groups (broad SMARTS) is 2. The van der Waals surface area contributed by atoms with Crippen LogP contribution in [0.2, 0.25) is 0 Å². The Morgan fingerprint density at radius 2 is 1.68 bits per heavy atom. The summed E-state index contributed by atoms with van der Waals surface area (Å²) in [6, 6.07) is 10.1. The third-order valence-electron chi connectivity index (χ3n) is 2.67. The van der Waals surface area contributed by atoms with Gasteiger partial charge in [0, 0.05) is 17.7 Å². The van der Waals surface area contributed by atoms with E-state index < -0.39 is 11.9 Å². The van der Waals surface area contributed by atoms with E-state index in [0.717, 1.165) is 11.4 Å². The normalized spacial score (nSPS) is 10.1. The van der Waals surface area contributed by atoms with Crippen LogP contribution < -0.4 is 0 Å². The molecule has 0 radical (unpaired) electrons. The van der Waals surface area contributed by atoms with Crippen molar-refractivity contribution in [3.05, 3.63) is 35.2 Å². The fraction of sp³-hybridized carbons (Fsp3) is 0.267. The number of carbonyl (C=O) groups excluding carboxylic acids is 1. The van der Waals surface area contributed by atoms with Gasteiger partial charge in [-0.1, -0.05) is 18.2 Å². The van der Waals surface area contributed by atoms with E-state index in [9.17, 15) is 4.79 Å². The van der Waals surface area contributed by atoms with Crippen molar-refractivity contribution in [1.82, 2.24) is 4.90 Å². The Balaban J connectivity index is 0.000000346. The van der Waals surface area contributed by atoms with Gasteiger partial charge in [0.15, 0.2) is 5.78 Å². The van der Waals surface area contributed by atoms with Crippen LogP contribution in [-0.2, 0) is 9.59 Å². The van der Waals surface area contributed by atoms with Crippen LogP contribution in [0.25, 0.3) is 10.1 Å². The van der Waals surface area contributed by atoms with E-state index >= 15 is 0 Å². The van der Waals surface area contributed by atoms with E-state index in [1.54, 1.807) is 11.3 Å². The van der Waals surface area contributed by atoms with Crippen molar-refractivity contribution in [2.75, 3.05) is 20.6 Å². The van der Waals surface area contributed by atoms with Crippen LogP contribution in [0.15, 0.2) is 30.3 Å². The van der Waals surface area contributed by atoms with Gasteiger partial charge in [-0.05, 0) is 31.6 Å². The van der Waals surface area contributed by atoms with E-state index in [2.05, 4.69) is 12.1 Å². The van der Waals surface area contributed by atoms with Gasteiger partial charge in [0.1, 0.15) is 0 Å². The average Bonchev–Trinajstić information content (AvgIpc) is 2.89.